The van der Waals surface area contributed by atoms with Crippen molar-refractivity contribution in [2.45, 2.75) is 105 Å². The van der Waals surface area contributed by atoms with Crippen molar-refractivity contribution < 1.29 is 5.11 Å². The van der Waals surface area contributed by atoms with Crippen LogP contribution in [0.25, 0.3) is 110 Å². The van der Waals surface area contributed by atoms with Crippen LogP contribution >= 0.6 is 11.3 Å². The molecule has 9 aromatic carbocycles. The fourth-order valence-electron chi connectivity index (χ4n) is 11.3. The van der Waals surface area contributed by atoms with Crippen LogP contribution in [0.1, 0.15) is 105 Å². The van der Waals surface area contributed by atoms with Crippen LogP contribution in [0.2, 0.25) is 0 Å². The molecular weight excluding hydrogens is 969 g/mol. The number of aromatic nitrogens is 4. The number of aromatic hydroxyl groups is 1. The molecule has 0 aliphatic heterocycles. The summed E-state index contributed by atoms with van der Waals surface area (Å²) in [7, 11) is 0. The van der Waals surface area contributed by atoms with Gasteiger partial charge in [0.1, 0.15) is 17.4 Å². The number of phenolic OH excluding ortho intramolecular Hbond substituents is 1. The molecule has 0 amide bonds. The van der Waals surface area contributed by atoms with E-state index in [2.05, 4.69) is 280 Å². The zero-order valence-electron chi connectivity index (χ0n) is 47.0. The van der Waals surface area contributed by atoms with Gasteiger partial charge in [-0.15, -0.1) is 11.3 Å². The van der Waals surface area contributed by atoms with Gasteiger partial charge in [-0.25, -0.2) is 9.97 Å². The van der Waals surface area contributed by atoms with Crippen molar-refractivity contribution in [3.8, 4) is 73.3 Å². The van der Waals surface area contributed by atoms with Gasteiger partial charge in [-0.2, -0.15) is 0 Å². The van der Waals surface area contributed by atoms with Crippen molar-refractivity contribution in [2.24, 2.45) is 0 Å². The highest BCUT2D eigenvalue weighted by Gasteiger charge is 2.31. The van der Waals surface area contributed by atoms with Gasteiger partial charge in [0.2, 0.25) is 0 Å². The van der Waals surface area contributed by atoms with Crippen LogP contribution in [-0.4, -0.2) is 24.2 Å². The Kier molecular flexibility index (Phi) is 12.1. The van der Waals surface area contributed by atoms with Gasteiger partial charge in [0, 0.05) is 53.6 Å². The number of hydrogen-bond donors (Lipinski definition) is 1. The molecule has 0 unspecified atom stereocenters. The monoisotopic (exact) mass is 1040 g/mol. The van der Waals surface area contributed by atoms with E-state index in [9.17, 15) is 5.11 Å². The Balaban J connectivity index is 1.20. The zero-order chi connectivity index (χ0) is 54.6. The predicted octanol–water partition coefficient (Wildman–Crippen LogP) is 20.0. The lowest BCUT2D eigenvalue weighted by Crippen LogP contribution is -2.17. The molecule has 3 aromatic heterocycles. The number of para-hydroxylation sites is 3. The summed E-state index contributed by atoms with van der Waals surface area (Å²) in [6, 6.07) is 68.3. The number of fused-ring (bicyclic) bond motifs is 5. The van der Waals surface area contributed by atoms with Crippen LogP contribution in [-0.2, 0) is 21.7 Å². The van der Waals surface area contributed by atoms with E-state index in [1.54, 1.807) is 0 Å². The molecule has 0 saturated heterocycles. The second-order valence-corrected chi connectivity index (χ2v) is 26.4. The predicted molar refractivity (Wildman–Crippen MR) is 332 cm³/mol. The Morgan fingerprint density at radius 1 is 0.385 bits per heavy atom. The van der Waals surface area contributed by atoms with E-state index in [1.807, 2.05) is 11.3 Å². The van der Waals surface area contributed by atoms with E-state index >= 15 is 0 Å². The lowest BCUT2D eigenvalue weighted by molar-refractivity contribution is 0.446. The largest absolute Gasteiger partial charge is 0.507 e. The van der Waals surface area contributed by atoms with Gasteiger partial charge in [-0.05, 0) is 116 Å². The van der Waals surface area contributed by atoms with Crippen molar-refractivity contribution in [3.05, 3.63) is 210 Å². The molecule has 0 radical (unpaired) electrons. The van der Waals surface area contributed by atoms with E-state index < -0.39 is 0 Å². The molecular formula is C72H68N4OS. The fraction of sp³-hybridized carbons (Fsp3) is 0.222. The molecule has 1 N–H and O–H groups in total. The summed E-state index contributed by atoms with van der Waals surface area (Å²) in [6.07, 6.45) is 0. The second-order valence-electron chi connectivity index (χ2n) is 25.3. The number of nitrogens with zero attached hydrogens (tertiary/aromatic N) is 4. The molecule has 0 atom stereocenters. The number of benzene rings is 9. The summed E-state index contributed by atoms with van der Waals surface area (Å²) >= 11 is 1.82. The highest BCUT2D eigenvalue weighted by Crippen LogP contribution is 2.49. The Hall–Kier alpha value is -8.06. The molecule has 6 heteroatoms. The van der Waals surface area contributed by atoms with Crippen molar-refractivity contribution in [2.75, 3.05) is 0 Å². The summed E-state index contributed by atoms with van der Waals surface area (Å²) in [5, 5.41) is 15.2. The molecule has 0 spiro atoms. The SMILES string of the molecule is CC(C)(C)c1ccc(-n2c(-c3cc(-c4cccc5c4nc(-c4cc(C(C)(C)C)cc(C(C)(C)C)c4O)n5-c4ccc(C(C)(C)C)cc4-c4ccccc4)c4sc5ccccc5c4c3)nc3ccccc32)c(-c2ccccc2)c1. The minimum Gasteiger partial charge on any atom is -0.507 e. The first kappa shape index (κ1) is 50.7. The average molecular weight is 1040 g/mol. The topological polar surface area (TPSA) is 55.9 Å². The molecule has 12 aromatic rings. The number of hydrogen-bond acceptors (Lipinski definition) is 4. The van der Waals surface area contributed by atoms with Gasteiger partial charge in [-0.1, -0.05) is 204 Å². The summed E-state index contributed by atoms with van der Waals surface area (Å²) in [5.74, 6) is 1.79. The lowest BCUT2D eigenvalue weighted by Gasteiger charge is -2.28. The smallest absolute Gasteiger partial charge is 0.149 e. The maximum absolute atomic E-state index is 12.8. The molecule has 0 bridgehead atoms. The molecule has 0 saturated carbocycles. The number of rotatable bonds is 7. The molecule has 388 valence electrons. The molecule has 12 rings (SSSR count). The molecule has 78 heavy (non-hydrogen) atoms. The standard InChI is InChI=1S/C72H68N4OS/c1-69(2,3)47-34-36-59(52(40-47)44-24-15-13-16-25-44)75-61-31-21-20-30-58(61)73-67(75)46-38-54-50-28-19-22-33-63(50)78-66(54)55(39-46)51-29-23-32-62-64(51)74-68(56-42-49(71(7,8)9)43-57(65(56)77)72(10,11)12)76(62)60-37-35-48(70(4,5)6)41-53(60)45-26-17-14-18-27-45/h13-43,77H,1-12H3. The first-order valence-electron chi connectivity index (χ1n) is 27.4. The number of phenols is 1. The van der Waals surface area contributed by atoms with Gasteiger partial charge >= 0.3 is 0 Å². The van der Waals surface area contributed by atoms with E-state index in [4.69, 9.17) is 9.97 Å². The Bertz CT molecular complexity index is 4300. The summed E-state index contributed by atoms with van der Waals surface area (Å²) in [5.41, 5.74) is 17.9. The lowest BCUT2D eigenvalue weighted by atomic mass is 9.79. The number of imidazole rings is 2. The third-order valence-corrected chi connectivity index (χ3v) is 16.9. The van der Waals surface area contributed by atoms with Crippen molar-refractivity contribution in [3.63, 3.8) is 0 Å². The van der Waals surface area contributed by atoms with Gasteiger partial charge in [0.25, 0.3) is 0 Å². The first-order valence-corrected chi connectivity index (χ1v) is 28.2. The fourth-order valence-corrected chi connectivity index (χ4v) is 12.5. The summed E-state index contributed by atoms with van der Waals surface area (Å²) < 4.78 is 7.09. The summed E-state index contributed by atoms with van der Waals surface area (Å²) in [4.78, 5) is 11.5. The normalized spacial score (nSPS) is 12.7. The van der Waals surface area contributed by atoms with Crippen LogP contribution in [0.5, 0.6) is 5.75 Å². The molecule has 0 aliphatic carbocycles. The minimum atomic E-state index is -0.355. The maximum Gasteiger partial charge on any atom is 0.149 e. The Morgan fingerprint density at radius 2 is 0.923 bits per heavy atom. The third-order valence-electron chi connectivity index (χ3n) is 15.7. The molecule has 0 aliphatic rings. The summed E-state index contributed by atoms with van der Waals surface area (Å²) in [6.45, 7) is 26.9. The van der Waals surface area contributed by atoms with Crippen molar-refractivity contribution in [1.82, 2.24) is 19.1 Å². The van der Waals surface area contributed by atoms with Crippen LogP contribution in [0.15, 0.2) is 188 Å². The van der Waals surface area contributed by atoms with E-state index in [0.29, 0.717) is 11.4 Å². The highest BCUT2D eigenvalue weighted by molar-refractivity contribution is 7.26. The van der Waals surface area contributed by atoms with E-state index in [1.165, 1.54) is 31.3 Å². The average Bonchev–Trinajstić information content (AvgIpc) is 4.33. The van der Waals surface area contributed by atoms with Crippen LogP contribution < -0.4 is 0 Å². The third kappa shape index (κ3) is 8.81. The van der Waals surface area contributed by atoms with Crippen LogP contribution in [0.4, 0.5) is 0 Å². The second kappa shape index (κ2) is 18.6. The van der Waals surface area contributed by atoms with Gasteiger partial charge in [0.05, 0.1) is 39.0 Å². The van der Waals surface area contributed by atoms with Gasteiger partial charge < -0.3 is 5.11 Å². The maximum atomic E-state index is 12.8. The molecule has 3 heterocycles. The Labute approximate surface area is 463 Å². The van der Waals surface area contributed by atoms with Crippen LogP contribution in [0.3, 0.4) is 0 Å². The zero-order valence-corrected chi connectivity index (χ0v) is 47.9. The van der Waals surface area contributed by atoms with Gasteiger partial charge in [-0.3, -0.25) is 9.13 Å². The van der Waals surface area contributed by atoms with Gasteiger partial charge in [0.15, 0.2) is 0 Å². The first-order chi connectivity index (χ1) is 37.1. The molecule has 5 nitrogen and oxygen atoms in total. The quantitative estimate of drug-likeness (QED) is 0.173. The van der Waals surface area contributed by atoms with Crippen molar-refractivity contribution in [1.29, 1.82) is 0 Å². The van der Waals surface area contributed by atoms with E-state index in [-0.39, 0.29) is 27.4 Å². The van der Waals surface area contributed by atoms with E-state index in [0.717, 1.165) is 89.3 Å². The Morgan fingerprint density at radius 3 is 1.53 bits per heavy atom. The number of thiophene rings is 1. The highest BCUT2D eigenvalue weighted by atomic mass is 32.1. The minimum absolute atomic E-state index is 0.0578. The van der Waals surface area contributed by atoms with Crippen molar-refractivity contribution >= 4 is 53.6 Å². The van der Waals surface area contributed by atoms with Crippen LogP contribution in [0, 0.1) is 0 Å². The molecule has 0 fully saturated rings.